The topological polar surface area (TPSA) is 65.4 Å². The molecule has 2 unspecified atom stereocenters. The number of nitrogens with one attached hydrogen (secondary N) is 1. The monoisotopic (exact) mass is 253 g/mol. The first-order chi connectivity index (χ1) is 8.69. The summed E-state index contributed by atoms with van der Waals surface area (Å²) in [7, 11) is 1.62. The molecular weight excluding hydrogens is 230 g/mol. The first-order valence-corrected chi connectivity index (χ1v) is 6.57. The summed E-state index contributed by atoms with van der Waals surface area (Å²) >= 11 is 0. The molecule has 0 spiro atoms. The molecule has 0 bridgehead atoms. The molecule has 1 saturated heterocycles. The van der Waals surface area contributed by atoms with Crippen LogP contribution in [0.25, 0.3) is 0 Å². The molecule has 2 atom stereocenters. The molecule has 5 heteroatoms. The fraction of sp³-hybridized carbons (Fsp3) is 0.846. The fourth-order valence-electron chi connectivity index (χ4n) is 2.23. The van der Waals surface area contributed by atoms with Gasteiger partial charge in [0, 0.05) is 20.2 Å². The summed E-state index contributed by atoms with van der Waals surface area (Å²) < 4.78 is 5.01. The lowest BCUT2D eigenvalue weighted by atomic mass is 9.93. The number of piperidine rings is 1. The highest BCUT2D eigenvalue weighted by Gasteiger charge is 2.27. The zero-order chi connectivity index (χ0) is 13.4. The summed E-state index contributed by atoms with van der Waals surface area (Å²) in [5.41, 5.74) is 0. The number of carbonyl (C=O) groups is 1. The van der Waals surface area contributed by atoms with Crippen LogP contribution in [0.2, 0.25) is 0 Å². The Bertz CT molecular complexity index is 301. The highest BCUT2D eigenvalue weighted by Crippen LogP contribution is 2.16. The van der Waals surface area contributed by atoms with Gasteiger partial charge in [0.2, 0.25) is 5.91 Å². The van der Waals surface area contributed by atoms with Crippen LogP contribution in [0.1, 0.15) is 26.2 Å². The Morgan fingerprint density at radius 2 is 2.33 bits per heavy atom. The molecule has 18 heavy (non-hydrogen) atoms. The zero-order valence-electron chi connectivity index (χ0n) is 11.3. The van der Waals surface area contributed by atoms with Crippen molar-refractivity contribution in [2.45, 2.75) is 32.2 Å². The Kier molecular flexibility index (Phi) is 6.69. The first kappa shape index (κ1) is 14.9. The van der Waals surface area contributed by atoms with Crippen LogP contribution in [-0.4, -0.2) is 50.2 Å². The van der Waals surface area contributed by atoms with Crippen LogP contribution in [-0.2, 0) is 9.53 Å². The van der Waals surface area contributed by atoms with Gasteiger partial charge in [-0.3, -0.25) is 4.79 Å². The van der Waals surface area contributed by atoms with Crippen LogP contribution in [0, 0.1) is 17.2 Å². The third-order valence-electron chi connectivity index (χ3n) is 3.33. The van der Waals surface area contributed by atoms with Crippen molar-refractivity contribution in [3.8, 4) is 6.07 Å². The number of ether oxygens (including phenoxy) is 1. The molecule has 1 fully saturated rings. The number of nitrogens with zero attached hydrogens (tertiary/aromatic N) is 2. The number of rotatable bonds is 6. The highest BCUT2D eigenvalue weighted by molar-refractivity contribution is 5.82. The summed E-state index contributed by atoms with van der Waals surface area (Å²) in [6.07, 6.45) is 2.38. The maximum atomic E-state index is 12.4. The second kappa shape index (κ2) is 8.06. The van der Waals surface area contributed by atoms with Gasteiger partial charge in [-0.25, -0.2) is 0 Å². The number of nitriles is 1. The number of hydrogen-bond acceptors (Lipinski definition) is 4. The SMILES string of the molecule is COCCN(CCC#N)C(=O)C1CC(C)CCN1. The summed E-state index contributed by atoms with van der Waals surface area (Å²) in [5.74, 6) is 0.689. The van der Waals surface area contributed by atoms with Gasteiger partial charge in [0.25, 0.3) is 0 Å². The van der Waals surface area contributed by atoms with E-state index in [1.54, 1.807) is 12.0 Å². The van der Waals surface area contributed by atoms with E-state index in [-0.39, 0.29) is 11.9 Å². The minimum atomic E-state index is -0.0932. The van der Waals surface area contributed by atoms with Gasteiger partial charge in [0.15, 0.2) is 0 Å². The van der Waals surface area contributed by atoms with E-state index in [0.717, 1.165) is 19.4 Å². The molecule has 0 radical (unpaired) electrons. The second-order valence-electron chi connectivity index (χ2n) is 4.86. The van der Waals surface area contributed by atoms with E-state index >= 15 is 0 Å². The number of carbonyl (C=O) groups excluding carboxylic acids is 1. The van der Waals surface area contributed by atoms with Crippen LogP contribution in [0.3, 0.4) is 0 Å². The molecule has 5 nitrogen and oxygen atoms in total. The van der Waals surface area contributed by atoms with Gasteiger partial charge in [-0.2, -0.15) is 5.26 Å². The van der Waals surface area contributed by atoms with Crippen LogP contribution in [0.15, 0.2) is 0 Å². The van der Waals surface area contributed by atoms with E-state index in [4.69, 9.17) is 10.00 Å². The Morgan fingerprint density at radius 3 is 2.94 bits per heavy atom. The second-order valence-corrected chi connectivity index (χ2v) is 4.86. The zero-order valence-corrected chi connectivity index (χ0v) is 11.3. The van der Waals surface area contributed by atoms with Crippen molar-refractivity contribution in [3.63, 3.8) is 0 Å². The lowest BCUT2D eigenvalue weighted by Crippen LogP contribution is -2.51. The first-order valence-electron chi connectivity index (χ1n) is 6.57. The predicted molar refractivity (Wildman–Crippen MR) is 68.9 cm³/mol. The number of hydrogen-bond donors (Lipinski definition) is 1. The average Bonchev–Trinajstić information content (AvgIpc) is 2.38. The maximum Gasteiger partial charge on any atom is 0.239 e. The van der Waals surface area contributed by atoms with Gasteiger partial charge >= 0.3 is 0 Å². The highest BCUT2D eigenvalue weighted by atomic mass is 16.5. The molecule has 0 saturated carbocycles. The van der Waals surface area contributed by atoms with Gasteiger partial charge in [-0.05, 0) is 25.3 Å². The van der Waals surface area contributed by atoms with Crippen molar-refractivity contribution in [1.29, 1.82) is 5.26 Å². The van der Waals surface area contributed by atoms with Crippen molar-refractivity contribution in [2.24, 2.45) is 5.92 Å². The van der Waals surface area contributed by atoms with E-state index in [2.05, 4.69) is 18.3 Å². The third-order valence-corrected chi connectivity index (χ3v) is 3.33. The van der Waals surface area contributed by atoms with Crippen molar-refractivity contribution in [2.75, 3.05) is 33.4 Å². The lowest BCUT2D eigenvalue weighted by molar-refractivity contribution is -0.135. The molecule has 1 rings (SSSR count). The van der Waals surface area contributed by atoms with Crippen LogP contribution < -0.4 is 5.32 Å². The number of methoxy groups -OCH3 is 1. The van der Waals surface area contributed by atoms with Crippen molar-refractivity contribution >= 4 is 5.91 Å². The quantitative estimate of drug-likeness (QED) is 0.759. The van der Waals surface area contributed by atoms with Crippen LogP contribution in [0.4, 0.5) is 0 Å². The van der Waals surface area contributed by atoms with E-state index in [0.29, 0.717) is 32.0 Å². The van der Waals surface area contributed by atoms with E-state index in [1.807, 2.05) is 0 Å². The summed E-state index contributed by atoms with van der Waals surface area (Å²) in [6.45, 7) is 4.64. The van der Waals surface area contributed by atoms with E-state index < -0.39 is 0 Å². The average molecular weight is 253 g/mol. The van der Waals surface area contributed by atoms with Gasteiger partial charge in [0.05, 0.1) is 25.1 Å². The molecule has 1 amide bonds. The standard InChI is InChI=1S/C13H23N3O2/c1-11-4-6-15-12(10-11)13(17)16(7-3-5-14)8-9-18-2/h11-12,15H,3-4,6-10H2,1-2H3. The fourth-order valence-corrected chi connectivity index (χ4v) is 2.23. The van der Waals surface area contributed by atoms with Crippen LogP contribution in [0.5, 0.6) is 0 Å². The Balaban J connectivity index is 2.53. The molecule has 0 aromatic heterocycles. The lowest BCUT2D eigenvalue weighted by Gasteiger charge is -2.32. The van der Waals surface area contributed by atoms with Gasteiger partial charge in [-0.15, -0.1) is 0 Å². The maximum absolute atomic E-state index is 12.4. The third kappa shape index (κ3) is 4.63. The molecule has 102 valence electrons. The van der Waals surface area contributed by atoms with E-state index in [9.17, 15) is 4.79 Å². The van der Waals surface area contributed by atoms with Gasteiger partial charge < -0.3 is 15.0 Å². The minimum absolute atomic E-state index is 0.0932. The minimum Gasteiger partial charge on any atom is -0.383 e. The summed E-state index contributed by atoms with van der Waals surface area (Å²) in [4.78, 5) is 14.1. The van der Waals surface area contributed by atoms with Crippen molar-refractivity contribution in [1.82, 2.24) is 10.2 Å². The summed E-state index contributed by atoms with van der Waals surface area (Å²) in [5, 5.41) is 11.9. The molecule has 0 aromatic carbocycles. The molecule has 1 N–H and O–H groups in total. The van der Waals surface area contributed by atoms with Crippen molar-refractivity contribution < 1.29 is 9.53 Å². The summed E-state index contributed by atoms with van der Waals surface area (Å²) in [6, 6.07) is 1.99. The smallest absolute Gasteiger partial charge is 0.239 e. The molecule has 1 aliphatic rings. The van der Waals surface area contributed by atoms with E-state index in [1.165, 1.54) is 0 Å². The largest absolute Gasteiger partial charge is 0.383 e. The molecule has 0 aliphatic carbocycles. The molecule has 0 aromatic rings. The van der Waals surface area contributed by atoms with Crippen molar-refractivity contribution in [3.05, 3.63) is 0 Å². The van der Waals surface area contributed by atoms with Crippen LogP contribution >= 0.6 is 0 Å². The Morgan fingerprint density at radius 1 is 1.56 bits per heavy atom. The normalized spacial score (nSPS) is 23.4. The van der Waals surface area contributed by atoms with Gasteiger partial charge in [-0.1, -0.05) is 6.92 Å². The molecular formula is C13H23N3O2. The van der Waals surface area contributed by atoms with Gasteiger partial charge in [0.1, 0.15) is 0 Å². The Hall–Kier alpha value is -1.12. The Labute approximate surface area is 109 Å². The predicted octanol–water partition coefficient (Wildman–Crippen LogP) is 0.763. The molecule has 1 heterocycles. The molecule has 1 aliphatic heterocycles. The number of amides is 1.